The number of nitrogens with zero attached hydrogens (tertiary/aromatic N) is 1. The van der Waals surface area contributed by atoms with Crippen LogP contribution in [-0.4, -0.2) is 49.8 Å². The summed E-state index contributed by atoms with van der Waals surface area (Å²) in [5.41, 5.74) is 5.63. The Morgan fingerprint density at radius 1 is 1.50 bits per heavy atom. The molecule has 1 rings (SSSR count). The third-order valence-corrected chi connectivity index (χ3v) is 2.82. The molecule has 0 aromatic heterocycles. The van der Waals surface area contributed by atoms with E-state index in [9.17, 15) is 4.79 Å². The van der Waals surface area contributed by atoms with Crippen molar-refractivity contribution in [2.75, 3.05) is 32.8 Å². The SMILES string of the molecule is CCCCC(CN)NC(=O)N1CCOCC1. The Kier molecular flexibility index (Phi) is 6.18. The maximum atomic E-state index is 11.8. The second kappa shape index (κ2) is 7.46. The predicted octanol–water partition coefficient (Wildman–Crippen LogP) is 0.546. The molecule has 1 saturated heterocycles. The molecule has 0 saturated carbocycles. The largest absolute Gasteiger partial charge is 0.378 e. The van der Waals surface area contributed by atoms with Crippen LogP contribution in [0, 0.1) is 0 Å². The standard InChI is InChI=1S/C11H23N3O2/c1-2-3-4-10(9-12)13-11(15)14-5-7-16-8-6-14/h10H,2-9,12H2,1H3,(H,13,15). The van der Waals surface area contributed by atoms with Gasteiger partial charge in [-0.3, -0.25) is 0 Å². The normalized spacial score (nSPS) is 18.2. The van der Waals surface area contributed by atoms with Gasteiger partial charge in [0, 0.05) is 25.7 Å². The molecule has 16 heavy (non-hydrogen) atoms. The number of unbranched alkanes of at least 4 members (excludes halogenated alkanes) is 1. The minimum absolute atomic E-state index is 0.00477. The van der Waals surface area contributed by atoms with Crippen molar-refractivity contribution in [3.05, 3.63) is 0 Å². The fourth-order valence-electron chi connectivity index (χ4n) is 1.73. The van der Waals surface area contributed by atoms with E-state index in [4.69, 9.17) is 10.5 Å². The van der Waals surface area contributed by atoms with Gasteiger partial charge in [-0.25, -0.2) is 4.79 Å². The first kappa shape index (κ1) is 13.3. The summed E-state index contributed by atoms with van der Waals surface area (Å²) in [5.74, 6) is 0. The van der Waals surface area contributed by atoms with E-state index in [1.54, 1.807) is 4.90 Å². The van der Waals surface area contributed by atoms with Crippen molar-refractivity contribution in [2.45, 2.75) is 32.2 Å². The van der Waals surface area contributed by atoms with Crippen LogP contribution in [0.4, 0.5) is 4.79 Å². The van der Waals surface area contributed by atoms with Crippen LogP contribution >= 0.6 is 0 Å². The zero-order valence-electron chi connectivity index (χ0n) is 10.1. The molecule has 1 aliphatic rings. The van der Waals surface area contributed by atoms with E-state index >= 15 is 0 Å². The molecule has 5 nitrogen and oxygen atoms in total. The van der Waals surface area contributed by atoms with Crippen molar-refractivity contribution in [1.29, 1.82) is 0 Å². The van der Waals surface area contributed by atoms with Gasteiger partial charge in [0.2, 0.25) is 0 Å². The number of urea groups is 1. The van der Waals surface area contributed by atoms with Crippen LogP contribution in [0.3, 0.4) is 0 Å². The second-order valence-corrected chi connectivity index (χ2v) is 4.12. The number of carbonyl (C=O) groups is 1. The number of hydrogen-bond donors (Lipinski definition) is 2. The first-order valence-electron chi connectivity index (χ1n) is 6.11. The number of nitrogens with two attached hydrogens (primary N) is 1. The molecule has 0 spiro atoms. The molecule has 0 radical (unpaired) electrons. The molecule has 94 valence electrons. The summed E-state index contributed by atoms with van der Waals surface area (Å²) >= 11 is 0. The van der Waals surface area contributed by atoms with Gasteiger partial charge < -0.3 is 20.7 Å². The summed E-state index contributed by atoms with van der Waals surface area (Å²) in [7, 11) is 0. The first-order valence-corrected chi connectivity index (χ1v) is 6.11. The molecule has 1 heterocycles. The number of rotatable bonds is 5. The Bertz CT molecular complexity index is 205. The number of ether oxygens (including phenoxy) is 1. The summed E-state index contributed by atoms with van der Waals surface area (Å²) in [4.78, 5) is 13.6. The number of hydrogen-bond acceptors (Lipinski definition) is 3. The van der Waals surface area contributed by atoms with Gasteiger partial charge >= 0.3 is 6.03 Å². The van der Waals surface area contributed by atoms with Gasteiger partial charge in [0.15, 0.2) is 0 Å². The average Bonchev–Trinajstić information content (AvgIpc) is 2.35. The molecule has 1 unspecified atom stereocenters. The van der Waals surface area contributed by atoms with Gasteiger partial charge in [0.05, 0.1) is 13.2 Å². The highest BCUT2D eigenvalue weighted by molar-refractivity contribution is 5.74. The Balaban J connectivity index is 2.29. The van der Waals surface area contributed by atoms with Gasteiger partial charge in [0.1, 0.15) is 0 Å². The van der Waals surface area contributed by atoms with E-state index in [1.165, 1.54) is 0 Å². The van der Waals surface area contributed by atoms with E-state index < -0.39 is 0 Å². The van der Waals surface area contributed by atoms with Gasteiger partial charge in [0.25, 0.3) is 0 Å². The van der Waals surface area contributed by atoms with Crippen molar-refractivity contribution in [2.24, 2.45) is 5.73 Å². The highest BCUT2D eigenvalue weighted by atomic mass is 16.5. The minimum Gasteiger partial charge on any atom is -0.378 e. The van der Waals surface area contributed by atoms with Crippen LogP contribution in [0.1, 0.15) is 26.2 Å². The predicted molar refractivity (Wildman–Crippen MR) is 63.3 cm³/mol. The fraction of sp³-hybridized carbons (Fsp3) is 0.909. The van der Waals surface area contributed by atoms with E-state index in [2.05, 4.69) is 12.2 Å². The molecule has 0 bridgehead atoms. The third kappa shape index (κ3) is 4.37. The molecule has 3 N–H and O–H groups in total. The monoisotopic (exact) mass is 229 g/mol. The summed E-state index contributed by atoms with van der Waals surface area (Å²) in [5, 5.41) is 2.98. The lowest BCUT2D eigenvalue weighted by atomic mass is 10.1. The van der Waals surface area contributed by atoms with Crippen molar-refractivity contribution in [1.82, 2.24) is 10.2 Å². The van der Waals surface area contributed by atoms with Gasteiger partial charge in [-0.05, 0) is 6.42 Å². The number of carbonyl (C=O) groups excluding carboxylic acids is 1. The van der Waals surface area contributed by atoms with Crippen LogP contribution in [0.2, 0.25) is 0 Å². The van der Waals surface area contributed by atoms with Crippen LogP contribution in [0.25, 0.3) is 0 Å². The number of morpholine rings is 1. The lowest BCUT2D eigenvalue weighted by Crippen LogP contribution is -2.50. The topological polar surface area (TPSA) is 67.6 Å². The zero-order chi connectivity index (χ0) is 11.8. The van der Waals surface area contributed by atoms with E-state index in [1.807, 2.05) is 0 Å². The lowest BCUT2D eigenvalue weighted by Gasteiger charge is -2.29. The van der Waals surface area contributed by atoms with Crippen LogP contribution < -0.4 is 11.1 Å². The van der Waals surface area contributed by atoms with Gasteiger partial charge in [-0.2, -0.15) is 0 Å². The van der Waals surface area contributed by atoms with Crippen LogP contribution in [-0.2, 0) is 4.74 Å². The Hall–Kier alpha value is -0.810. The summed E-state index contributed by atoms with van der Waals surface area (Å²) < 4.78 is 5.20. The molecule has 0 aromatic rings. The van der Waals surface area contributed by atoms with Crippen molar-refractivity contribution in [3.63, 3.8) is 0 Å². The molecule has 2 amide bonds. The summed E-state index contributed by atoms with van der Waals surface area (Å²) in [6, 6.07) is 0.102. The fourth-order valence-corrected chi connectivity index (χ4v) is 1.73. The van der Waals surface area contributed by atoms with E-state index in [-0.39, 0.29) is 12.1 Å². The van der Waals surface area contributed by atoms with Crippen molar-refractivity contribution >= 4 is 6.03 Å². The van der Waals surface area contributed by atoms with Crippen LogP contribution in [0.15, 0.2) is 0 Å². The second-order valence-electron chi connectivity index (χ2n) is 4.12. The van der Waals surface area contributed by atoms with Crippen molar-refractivity contribution < 1.29 is 9.53 Å². The maximum Gasteiger partial charge on any atom is 0.317 e. The number of amides is 2. The maximum absolute atomic E-state index is 11.8. The van der Waals surface area contributed by atoms with Gasteiger partial charge in [-0.1, -0.05) is 19.8 Å². The summed E-state index contributed by atoms with van der Waals surface area (Å²) in [6.07, 6.45) is 3.19. The average molecular weight is 229 g/mol. The van der Waals surface area contributed by atoms with Gasteiger partial charge in [-0.15, -0.1) is 0 Å². The first-order chi connectivity index (χ1) is 7.77. The Labute approximate surface area is 97.3 Å². The lowest BCUT2D eigenvalue weighted by molar-refractivity contribution is 0.0525. The molecule has 0 aliphatic carbocycles. The third-order valence-electron chi connectivity index (χ3n) is 2.82. The van der Waals surface area contributed by atoms with Crippen LogP contribution in [0.5, 0.6) is 0 Å². The van der Waals surface area contributed by atoms with E-state index in [0.717, 1.165) is 19.3 Å². The highest BCUT2D eigenvalue weighted by Crippen LogP contribution is 2.02. The smallest absolute Gasteiger partial charge is 0.317 e. The number of nitrogens with one attached hydrogen (secondary N) is 1. The summed E-state index contributed by atoms with van der Waals surface area (Å²) in [6.45, 7) is 5.27. The molecule has 1 aliphatic heterocycles. The highest BCUT2D eigenvalue weighted by Gasteiger charge is 2.18. The molecular formula is C11H23N3O2. The molecule has 1 fully saturated rings. The minimum atomic E-state index is -0.00477. The molecule has 5 heteroatoms. The Morgan fingerprint density at radius 3 is 2.75 bits per heavy atom. The van der Waals surface area contributed by atoms with Crippen molar-refractivity contribution in [3.8, 4) is 0 Å². The zero-order valence-corrected chi connectivity index (χ0v) is 10.1. The van der Waals surface area contributed by atoms with E-state index in [0.29, 0.717) is 32.8 Å². The molecular weight excluding hydrogens is 206 g/mol. The Morgan fingerprint density at radius 2 is 2.19 bits per heavy atom. The molecule has 0 aromatic carbocycles. The quantitative estimate of drug-likeness (QED) is 0.723. The molecule has 1 atom stereocenters.